The van der Waals surface area contributed by atoms with Crippen LogP contribution in [0.15, 0.2) is 30.6 Å². The molecule has 0 bridgehead atoms. The third-order valence-corrected chi connectivity index (χ3v) is 3.71. The van der Waals surface area contributed by atoms with Gasteiger partial charge < -0.3 is 5.32 Å². The van der Waals surface area contributed by atoms with Gasteiger partial charge in [0.05, 0.1) is 16.4 Å². The number of rotatable bonds is 3. The van der Waals surface area contributed by atoms with Crippen LogP contribution in [-0.2, 0) is 0 Å². The molecule has 2 heterocycles. The molecule has 1 aromatic carbocycles. The molecule has 3 rings (SSSR count). The number of fused-ring (bicyclic) bond motifs is 1. The molecule has 0 aliphatic rings. The van der Waals surface area contributed by atoms with Crippen molar-refractivity contribution in [1.82, 2.24) is 20.5 Å². The Hall–Kier alpha value is -2.41. The number of carbonyl (C=O) groups excluding carboxylic acids is 1. The molecule has 6 nitrogen and oxygen atoms in total. The standard InChI is InChI=1S/C13H13N5OS/c1-2-14-12(19)18-13-17-10-4-3-8(5-11(10)20-13)9-6-15-16-7-9/h3-7H,2H2,1H3,(H,15,16)(H2,14,17,18,19). The number of anilines is 1. The Morgan fingerprint density at radius 2 is 2.30 bits per heavy atom. The van der Waals surface area contributed by atoms with Crippen LogP contribution in [0, 0.1) is 0 Å². The first-order valence-corrected chi connectivity index (χ1v) is 7.02. The van der Waals surface area contributed by atoms with Gasteiger partial charge in [-0.05, 0) is 24.6 Å². The molecule has 0 atom stereocenters. The van der Waals surface area contributed by atoms with Crippen molar-refractivity contribution >= 4 is 32.7 Å². The Morgan fingerprint density at radius 3 is 3.05 bits per heavy atom. The zero-order valence-electron chi connectivity index (χ0n) is 10.8. The number of hydrogen-bond acceptors (Lipinski definition) is 4. The highest BCUT2D eigenvalue weighted by Crippen LogP contribution is 2.30. The van der Waals surface area contributed by atoms with Crippen LogP contribution in [0.1, 0.15) is 6.92 Å². The SMILES string of the molecule is CCNC(=O)Nc1nc2ccc(-c3cn[nH]c3)cc2s1. The van der Waals surface area contributed by atoms with E-state index in [1.807, 2.05) is 31.3 Å². The summed E-state index contributed by atoms with van der Waals surface area (Å²) in [6.07, 6.45) is 3.62. The molecule has 0 aliphatic carbocycles. The highest BCUT2D eigenvalue weighted by atomic mass is 32.1. The van der Waals surface area contributed by atoms with Crippen LogP contribution in [0.3, 0.4) is 0 Å². The number of aromatic nitrogens is 3. The predicted molar refractivity (Wildman–Crippen MR) is 79.9 cm³/mol. The highest BCUT2D eigenvalue weighted by Gasteiger charge is 2.08. The third kappa shape index (κ3) is 2.48. The number of benzene rings is 1. The van der Waals surface area contributed by atoms with E-state index in [0.29, 0.717) is 11.7 Å². The van der Waals surface area contributed by atoms with Gasteiger partial charge in [-0.1, -0.05) is 17.4 Å². The first-order chi connectivity index (χ1) is 9.76. The Morgan fingerprint density at radius 1 is 1.40 bits per heavy atom. The van der Waals surface area contributed by atoms with Gasteiger partial charge in [0.2, 0.25) is 0 Å². The molecule has 102 valence electrons. The monoisotopic (exact) mass is 287 g/mol. The molecule has 3 N–H and O–H groups in total. The van der Waals surface area contributed by atoms with Crippen LogP contribution in [-0.4, -0.2) is 27.8 Å². The lowest BCUT2D eigenvalue weighted by Crippen LogP contribution is -2.28. The Balaban J connectivity index is 1.89. The van der Waals surface area contributed by atoms with Crippen LogP contribution in [0.25, 0.3) is 21.3 Å². The molecule has 0 saturated heterocycles. The van der Waals surface area contributed by atoms with Crippen molar-refractivity contribution in [3.05, 3.63) is 30.6 Å². The number of aromatic amines is 1. The van der Waals surface area contributed by atoms with E-state index in [-0.39, 0.29) is 6.03 Å². The van der Waals surface area contributed by atoms with Crippen molar-refractivity contribution in [2.24, 2.45) is 0 Å². The molecule has 2 amide bonds. The van der Waals surface area contributed by atoms with Crippen LogP contribution in [0.5, 0.6) is 0 Å². The van der Waals surface area contributed by atoms with E-state index < -0.39 is 0 Å². The van der Waals surface area contributed by atoms with Gasteiger partial charge in [-0.2, -0.15) is 5.10 Å². The van der Waals surface area contributed by atoms with E-state index in [1.54, 1.807) is 6.20 Å². The van der Waals surface area contributed by atoms with Gasteiger partial charge in [-0.15, -0.1) is 0 Å². The average Bonchev–Trinajstić information content (AvgIpc) is 3.06. The summed E-state index contributed by atoms with van der Waals surface area (Å²) in [4.78, 5) is 15.9. The van der Waals surface area contributed by atoms with Gasteiger partial charge >= 0.3 is 6.03 Å². The zero-order valence-corrected chi connectivity index (χ0v) is 11.6. The van der Waals surface area contributed by atoms with Crippen molar-refractivity contribution in [2.75, 3.05) is 11.9 Å². The van der Waals surface area contributed by atoms with Crippen LogP contribution < -0.4 is 10.6 Å². The second kappa shape index (κ2) is 5.30. The summed E-state index contributed by atoms with van der Waals surface area (Å²) < 4.78 is 1.02. The number of urea groups is 1. The number of nitrogens with one attached hydrogen (secondary N) is 3. The maximum absolute atomic E-state index is 11.5. The largest absolute Gasteiger partial charge is 0.338 e. The molecule has 2 aromatic heterocycles. The molecule has 0 fully saturated rings. The number of thiazole rings is 1. The quantitative estimate of drug-likeness (QED) is 0.692. The van der Waals surface area contributed by atoms with Crippen LogP contribution >= 0.6 is 11.3 Å². The molecule has 7 heteroatoms. The van der Waals surface area contributed by atoms with Gasteiger partial charge in [0.25, 0.3) is 0 Å². The minimum atomic E-state index is -0.235. The summed E-state index contributed by atoms with van der Waals surface area (Å²) in [5, 5.41) is 12.7. The molecular weight excluding hydrogens is 274 g/mol. The van der Waals surface area contributed by atoms with Crippen molar-refractivity contribution < 1.29 is 4.79 Å². The summed E-state index contributed by atoms with van der Waals surface area (Å²) in [5.74, 6) is 0. The predicted octanol–water partition coefficient (Wildman–Crippen LogP) is 2.83. The first-order valence-electron chi connectivity index (χ1n) is 6.21. The fourth-order valence-electron chi connectivity index (χ4n) is 1.87. The summed E-state index contributed by atoms with van der Waals surface area (Å²) in [5.41, 5.74) is 2.96. The van der Waals surface area contributed by atoms with Crippen molar-refractivity contribution in [1.29, 1.82) is 0 Å². The first kappa shape index (κ1) is 12.6. The topological polar surface area (TPSA) is 82.7 Å². The normalized spacial score (nSPS) is 10.7. The van der Waals surface area contributed by atoms with Crippen LogP contribution in [0.4, 0.5) is 9.93 Å². The molecule has 0 radical (unpaired) electrons. The Bertz CT molecular complexity index is 734. The maximum Gasteiger partial charge on any atom is 0.321 e. The second-order valence-corrected chi connectivity index (χ2v) is 5.20. The number of nitrogens with zero attached hydrogens (tertiary/aromatic N) is 2. The summed E-state index contributed by atoms with van der Waals surface area (Å²) >= 11 is 1.45. The van der Waals surface area contributed by atoms with Crippen molar-refractivity contribution in [3.8, 4) is 11.1 Å². The number of amides is 2. The highest BCUT2D eigenvalue weighted by molar-refractivity contribution is 7.22. The van der Waals surface area contributed by atoms with Gasteiger partial charge in [0, 0.05) is 18.3 Å². The van der Waals surface area contributed by atoms with E-state index in [0.717, 1.165) is 21.3 Å². The second-order valence-electron chi connectivity index (χ2n) is 4.17. The van der Waals surface area contributed by atoms with E-state index in [9.17, 15) is 4.79 Å². The fraction of sp³-hybridized carbons (Fsp3) is 0.154. The lowest BCUT2D eigenvalue weighted by atomic mass is 10.1. The van der Waals surface area contributed by atoms with E-state index in [1.165, 1.54) is 11.3 Å². The summed E-state index contributed by atoms with van der Waals surface area (Å²) in [6, 6.07) is 5.74. The minimum Gasteiger partial charge on any atom is -0.338 e. The average molecular weight is 287 g/mol. The summed E-state index contributed by atoms with van der Waals surface area (Å²) in [7, 11) is 0. The molecule has 20 heavy (non-hydrogen) atoms. The Labute approximate surface area is 119 Å². The number of H-pyrrole nitrogens is 1. The number of carbonyl (C=O) groups is 1. The Kier molecular flexibility index (Phi) is 3.34. The summed E-state index contributed by atoms with van der Waals surface area (Å²) in [6.45, 7) is 2.45. The molecule has 3 aromatic rings. The van der Waals surface area contributed by atoms with Gasteiger partial charge in [-0.3, -0.25) is 10.4 Å². The fourth-order valence-corrected chi connectivity index (χ4v) is 2.77. The molecule has 0 spiro atoms. The lowest BCUT2D eigenvalue weighted by molar-refractivity contribution is 0.252. The molecule has 0 unspecified atom stereocenters. The maximum atomic E-state index is 11.5. The zero-order chi connectivity index (χ0) is 13.9. The van der Waals surface area contributed by atoms with Crippen molar-refractivity contribution in [3.63, 3.8) is 0 Å². The van der Waals surface area contributed by atoms with E-state index >= 15 is 0 Å². The van der Waals surface area contributed by atoms with Crippen LogP contribution in [0.2, 0.25) is 0 Å². The van der Waals surface area contributed by atoms with E-state index in [2.05, 4.69) is 25.8 Å². The molecule has 0 aliphatic heterocycles. The van der Waals surface area contributed by atoms with Gasteiger partial charge in [-0.25, -0.2) is 9.78 Å². The minimum absolute atomic E-state index is 0.235. The molecular formula is C13H13N5OS. The van der Waals surface area contributed by atoms with E-state index in [4.69, 9.17) is 0 Å². The van der Waals surface area contributed by atoms with Gasteiger partial charge in [0.15, 0.2) is 5.13 Å². The van der Waals surface area contributed by atoms with Gasteiger partial charge in [0.1, 0.15) is 0 Å². The lowest BCUT2D eigenvalue weighted by Gasteiger charge is -2.00. The third-order valence-electron chi connectivity index (χ3n) is 2.78. The smallest absolute Gasteiger partial charge is 0.321 e. The number of hydrogen-bond donors (Lipinski definition) is 3. The van der Waals surface area contributed by atoms with Crippen molar-refractivity contribution in [2.45, 2.75) is 6.92 Å². The molecule has 0 saturated carbocycles.